The molecule has 1 aromatic heterocycles. The molecule has 0 aliphatic heterocycles. The van der Waals surface area contributed by atoms with Crippen LogP contribution in [0.25, 0.3) is 0 Å². The van der Waals surface area contributed by atoms with Crippen molar-refractivity contribution in [1.82, 2.24) is 5.32 Å². The molecule has 0 aliphatic rings. The first-order chi connectivity index (χ1) is 9.24. The Morgan fingerprint density at radius 2 is 2.11 bits per heavy atom. The molecule has 0 saturated carbocycles. The highest BCUT2D eigenvalue weighted by molar-refractivity contribution is 9.10. The van der Waals surface area contributed by atoms with Gasteiger partial charge < -0.3 is 10.1 Å². The van der Waals surface area contributed by atoms with E-state index in [9.17, 15) is 0 Å². The standard InChI is InChI=1S/C14H15BrClNOS/c15-11-2-1-3-12(10-11)18-9-8-17-7-6-13-4-5-14(16)19-13/h1-5,10,17H,6-9H2. The minimum absolute atomic E-state index is 0.668. The maximum atomic E-state index is 5.88. The fraction of sp³-hybridized carbons (Fsp3) is 0.286. The Labute approximate surface area is 130 Å². The largest absolute Gasteiger partial charge is 0.492 e. The van der Waals surface area contributed by atoms with E-state index in [1.807, 2.05) is 30.3 Å². The first kappa shape index (κ1) is 14.9. The Hall–Kier alpha value is -0.550. The van der Waals surface area contributed by atoms with Gasteiger partial charge in [-0.15, -0.1) is 11.3 Å². The third kappa shape index (κ3) is 5.53. The molecule has 2 aromatic rings. The number of hydrogen-bond acceptors (Lipinski definition) is 3. The smallest absolute Gasteiger partial charge is 0.120 e. The Kier molecular flexibility index (Phi) is 6.17. The van der Waals surface area contributed by atoms with Gasteiger partial charge in [0.1, 0.15) is 12.4 Å². The van der Waals surface area contributed by atoms with E-state index in [0.29, 0.717) is 6.61 Å². The quantitative estimate of drug-likeness (QED) is 0.740. The third-order valence-electron chi connectivity index (χ3n) is 2.52. The molecule has 0 amide bonds. The molecule has 1 heterocycles. The van der Waals surface area contributed by atoms with Crippen molar-refractivity contribution in [3.05, 3.63) is 50.1 Å². The normalized spacial score (nSPS) is 10.6. The van der Waals surface area contributed by atoms with Crippen LogP contribution in [0, 0.1) is 0 Å². The summed E-state index contributed by atoms with van der Waals surface area (Å²) >= 11 is 10.9. The van der Waals surface area contributed by atoms with E-state index in [1.54, 1.807) is 11.3 Å². The first-order valence-electron chi connectivity index (χ1n) is 6.07. The molecular formula is C14H15BrClNOS. The van der Waals surface area contributed by atoms with Crippen LogP contribution >= 0.6 is 38.9 Å². The monoisotopic (exact) mass is 359 g/mol. The highest BCUT2D eigenvalue weighted by Crippen LogP contribution is 2.21. The SMILES string of the molecule is Clc1ccc(CCNCCOc2cccc(Br)c2)s1. The van der Waals surface area contributed by atoms with E-state index >= 15 is 0 Å². The number of ether oxygens (including phenoxy) is 1. The van der Waals surface area contributed by atoms with Crippen LogP contribution in [-0.2, 0) is 6.42 Å². The molecule has 0 aliphatic carbocycles. The van der Waals surface area contributed by atoms with Crippen LogP contribution in [0.1, 0.15) is 4.88 Å². The second kappa shape index (κ2) is 7.90. The lowest BCUT2D eigenvalue weighted by molar-refractivity contribution is 0.314. The van der Waals surface area contributed by atoms with Gasteiger partial charge in [-0.25, -0.2) is 0 Å². The van der Waals surface area contributed by atoms with Gasteiger partial charge in [0, 0.05) is 22.4 Å². The molecule has 2 nitrogen and oxygen atoms in total. The Morgan fingerprint density at radius 1 is 1.21 bits per heavy atom. The average Bonchev–Trinajstić information content (AvgIpc) is 2.79. The van der Waals surface area contributed by atoms with Crippen molar-refractivity contribution in [2.24, 2.45) is 0 Å². The second-order valence-electron chi connectivity index (χ2n) is 4.01. The molecule has 2 rings (SSSR count). The lowest BCUT2D eigenvalue weighted by atomic mass is 10.3. The van der Waals surface area contributed by atoms with Crippen molar-refractivity contribution in [2.45, 2.75) is 6.42 Å². The van der Waals surface area contributed by atoms with Gasteiger partial charge in [-0.05, 0) is 36.8 Å². The average molecular weight is 361 g/mol. The summed E-state index contributed by atoms with van der Waals surface area (Å²) in [5, 5.41) is 3.35. The maximum Gasteiger partial charge on any atom is 0.120 e. The summed E-state index contributed by atoms with van der Waals surface area (Å²) in [5.74, 6) is 0.890. The predicted octanol–water partition coefficient (Wildman–Crippen LogP) is 4.38. The van der Waals surface area contributed by atoms with Crippen LogP contribution < -0.4 is 10.1 Å². The van der Waals surface area contributed by atoms with Crippen LogP contribution in [-0.4, -0.2) is 19.7 Å². The number of benzene rings is 1. The Morgan fingerprint density at radius 3 is 2.84 bits per heavy atom. The summed E-state index contributed by atoms with van der Waals surface area (Å²) in [4.78, 5) is 1.31. The minimum atomic E-state index is 0.668. The molecule has 1 aromatic carbocycles. The van der Waals surface area contributed by atoms with Gasteiger partial charge in [-0.2, -0.15) is 0 Å². The molecule has 0 radical (unpaired) electrons. The van der Waals surface area contributed by atoms with Gasteiger partial charge in [0.05, 0.1) is 4.34 Å². The van der Waals surface area contributed by atoms with Crippen molar-refractivity contribution in [2.75, 3.05) is 19.7 Å². The molecule has 0 spiro atoms. The fourth-order valence-electron chi connectivity index (χ4n) is 1.62. The Balaban J connectivity index is 1.57. The molecular weight excluding hydrogens is 346 g/mol. The number of thiophene rings is 1. The molecule has 0 atom stereocenters. The summed E-state index contributed by atoms with van der Waals surface area (Å²) in [6, 6.07) is 11.9. The number of nitrogens with one attached hydrogen (secondary N) is 1. The van der Waals surface area contributed by atoms with E-state index < -0.39 is 0 Å². The van der Waals surface area contributed by atoms with Crippen molar-refractivity contribution in [1.29, 1.82) is 0 Å². The zero-order chi connectivity index (χ0) is 13.5. The van der Waals surface area contributed by atoms with E-state index in [4.69, 9.17) is 16.3 Å². The Bertz CT molecular complexity index is 518. The van der Waals surface area contributed by atoms with Gasteiger partial charge in [-0.3, -0.25) is 0 Å². The van der Waals surface area contributed by atoms with Crippen molar-refractivity contribution in [3.63, 3.8) is 0 Å². The van der Waals surface area contributed by atoms with Crippen LogP contribution in [0.2, 0.25) is 4.34 Å². The highest BCUT2D eigenvalue weighted by Gasteiger charge is 1.98. The van der Waals surface area contributed by atoms with Crippen molar-refractivity contribution in [3.8, 4) is 5.75 Å². The molecule has 1 N–H and O–H groups in total. The van der Waals surface area contributed by atoms with E-state index in [1.165, 1.54) is 4.88 Å². The summed E-state index contributed by atoms with van der Waals surface area (Å²) in [6.45, 7) is 2.45. The molecule has 5 heteroatoms. The van der Waals surface area contributed by atoms with Gasteiger partial charge in [0.15, 0.2) is 0 Å². The summed E-state index contributed by atoms with van der Waals surface area (Å²) in [7, 11) is 0. The van der Waals surface area contributed by atoms with Gasteiger partial charge >= 0.3 is 0 Å². The van der Waals surface area contributed by atoms with Crippen LogP contribution in [0.15, 0.2) is 40.9 Å². The molecule has 102 valence electrons. The van der Waals surface area contributed by atoms with Crippen LogP contribution in [0.4, 0.5) is 0 Å². The third-order valence-corrected chi connectivity index (χ3v) is 4.30. The van der Waals surface area contributed by atoms with Crippen LogP contribution in [0.3, 0.4) is 0 Å². The molecule has 0 unspecified atom stereocenters. The topological polar surface area (TPSA) is 21.3 Å². The number of halogens is 2. The van der Waals surface area contributed by atoms with Crippen LogP contribution in [0.5, 0.6) is 5.75 Å². The maximum absolute atomic E-state index is 5.88. The minimum Gasteiger partial charge on any atom is -0.492 e. The van der Waals surface area contributed by atoms with E-state index in [-0.39, 0.29) is 0 Å². The molecule has 0 saturated heterocycles. The number of hydrogen-bond donors (Lipinski definition) is 1. The first-order valence-corrected chi connectivity index (χ1v) is 8.06. The molecule has 0 fully saturated rings. The van der Waals surface area contributed by atoms with E-state index in [0.717, 1.165) is 34.1 Å². The zero-order valence-electron chi connectivity index (χ0n) is 10.4. The van der Waals surface area contributed by atoms with Gasteiger partial charge in [-0.1, -0.05) is 33.6 Å². The summed E-state index contributed by atoms with van der Waals surface area (Å²) in [6.07, 6.45) is 1.01. The predicted molar refractivity (Wildman–Crippen MR) is 85.5 cm³/mol. The van der Waals surface area contributed by atoms with Crippen molar-refractivity contribution >= 4 is 38.9 Å². The molecule has 19 heavy (non-hydrogen) atoms. The van der Waals surface area contributed by atoms with Crippen molar-refractivity contribution < 1.29 is 4.74 Å². The second-order valence-corrected chi connectivity index (χ2v) is 6.73. The molecule has 0 bridgehead atoms. The summed E-state index contributed by atoms with van der Waals surface area (Å²) in [5.41, 5.74) is 0. The fourth-order valence-corrected chi connectivity index (χ4v) is 3.09. The highest BCUT2D eigenvalue weighted by atomic mass is 79.9. The zero-order valence-corrected chi connectivity index (χ0v) is 13.5. The van der Waals surface area contributed by atoms with E-state index in [2.05, 4.69) is 27.3 Å². The van der Waals surface area contributed by atoms with Gasteiger partial charge in [0.25, 0.3) is 0 Å². The summed E-state index contributed by atoms with van der Waals surface area (Å²) < 4.78 is 7.52. The number of rotatable bonds is 7. The lowest BCUT2D eigenvalue weighted by Crippen LogP contribution is -2.23. The lowest BCUT2D eigenvalue weighted by Gasteiger charge is -2.07. The van der Waals surface area contributed by atoms with Gasteiger partial charge in [0.2, 0.25) is 0 Å².